The number of rotatable bonds is 7. The van der Waals surface area contributed by atoms with Crippen LogP contribution in [-0.2, 0) is 15.0 Å². The summed E-state index contributed by atoms with van der Waals surface area (Å²) in [7, 11) is 0. The quantitative estimate of drug-likeness (QED) is 0.811. The molecular formula is C17H25NO3. The Labute approximate surface area is 126 Å². The lowest BCUT2D eigenvalue weighted by Gasteiger charge is -2.27. The summed E-state index contributed by atoms with van der Waals surface area (Å²) in [5.74, 6) is -1.22. The second-order valence-electron chi connectivity index (χ2n) is 6.47. The van der Waals surface area contributed by atoms with Crippen LogP contribution >= 0.6 is 0 Å². The highest BCUT2D eigenvalue weighted by molar-refractivity contribution is 5.89. The van der Waals surface area contributed by atoms with E-state index in [0.717, 1.165) is 6.42 Å². The standard InChI is InChI=1S/C17H25NO3/c1-5-16(2,3)12-18-14(19)11-17(4,15(20)21)13-9-7-6-8-10-13/h6-10H,5,11-12H2,1-4H3,(H,18,19)(H,20,21). The molecule has 0 saturated heterocycles. The predicted molar refractivity (Wildman–Crippen MR) is 83.1 cm³/mol. The van der Waals surface area contributed by atoms with Crippen LogP contribution in [0.25, 0.3) is 0 Å². The fraction of sp³-hybridized carbons (Fsp3) is 0.529. The lowest BCUT2D eigenvalue weighted by atomic mass is 9.79. The number of amides is 1. The smallest absolute Gasteiger partial charge is 0.314 e. The van der Waals surface area contributed by atoms with Gasteiger partial charge in [0.1, 0.15) is 0 Å². The van der Waals surface area contributed by atoms with Crippen molar-refractivity contribution in [3.8, 4) is 0 Å². The van der Waals surface area contributed by atoms with Gasteiger partial charge in [0.15, 0.2) is 0 Å². The highest BCUT2D eigenvalue weighted by atomic mass is 16.4. The highest BCUT2D eigenvalue weighted by Crippen LogP contribution is 2.28. The molecule has 0 aromatic heterocycles. The van der Waals surface area contributed by atoms with Crippen LogP contribution < -0.4 is 5.32 Å². The molecule has 0 aliphatic carbocycles. The van der Waals surface area contributed by atoms with Gasteiger partial charge >= 0.3 is 5.97 Å². The van der Waals surface area contributed by atoms with Crippen molar-refractivity contribution in [3.05, 3.63) is 35.9 Å². The van der Waals surface area contributed by atoms with Crippen LogP contribution in [0.5, 0.6) is 0 Å². The Hall–Kier alpha value is -1.84. The molecule has 21 heavy (non-hydrogen) atoms. The van der Waals surface area contributed by atoms with E-state index in [1.54, 1.807) is 31.2 Å². The number of carboxylic acids is 1. The molecule has 1 rings (SSSR count). The molecule has 116 valence electrons. The maximum Gasteiger partial charge on any atom is 0.314 e. The third-order valence-electron chi connectivity index (χ3n) is 4.12. The van der Waals surface area contributed by atoms with Crippen LogP contribution in [-0.4, -0.2) is 23.5 Å². The minimum atomic E-state index is -1.21. The van der Waals surface area contributed by atoms with Crippen molar-refractivity contribution in [2.24, 2.45) is 5.41 Å². The summed E-state index contributed by atoms with van der Waals surface area (Å²) in [4.78, 5) is 23.8. The molecule has 1 amide bonds. The van der Waals surface area contributed by atoms with Crippen molar-refractivity contribution in [3.63, 3.8) is 0 Å². The van der Waals surface area contributed by atoms with Gasteiger partial charge in [0.25, 0.3) is 0 Å². The van der Waals surface area contributed by atoms with E-state index in [0.29, 0.717) is 12.1 Å². The Morgan fingerprint density at radius 1 is 1.14 bits per heavy atom. The zero-order valence-corrected chi connectivity index (χ0v) is 13.3. The molecule has 1 unspecified atom stereocenters. The van der Waals surface area contributed by atoms with E-state index in [4.69, 9.17) is 0 Å². The van der Waals surface area contributed by atoms with Gasteiger partial charge in [-0.1, -0.05) is 51.1 Å². The Morgan fingerprint density at radius 3 is 2.19 bits per heavy atom. The summed E-state index contributed by atoms with van der Waals surface area (Å²) in [6.07, 6.45) is 0.883. The van der Waals surface area contributed by atoms with Gasteiger partial charge in [-0.15, -0.1) is 0 Å². The lowest BCUT2D eigenvalue weighted by molar-refractivity contribution is -0.145. The number of nitrogens with one attached hydrogen (secondary N) is 1. The average Bonchev–Trinajstić information content (AvgIpc) is 2.46. The molecule has 0 saturated carbocycles. The third kappa shape index (κ3) is 4.59. The topological polar surface area (TPSA) is 66.4 Å². The third-order valence-corrected chi connectivity index (χ3v) is 4.12. The fourth-order valence-electron chi connectivity index (χ4n) is 1.95. The number of benzene rings is 1. The highest BCUT2D eigenvalue weighted by Gasteiger charge is 2.37. The maximum absolute atomic E-state index is 12.1. The van der Waals surface area contributed by atoms with Crippen LogP contribution in [0, 0.1) is 5.41 Å². The number of carbonyl (C=O) groups is 2. The lowest BCUT2D eigenvalue weighted by Crippen LogP contribution is -2.41. The van der Waals surface area contributed by atoms with E-state index in [9.17, 15) is 14.7 Å². The average molecular weight is 291 g/mol. The molecule has 1 atom stereocenters. The molecule has 0 bridgehead atoms. The maximum atomic E-state index is 12.1. The van der Waals surface area contributed by atoms with Gasteiger partial charge in [0.2, 0.25) is 5.91 Å². The van der Waals surface area contributed by atoms with Crippen molar-refractivity contribution in [2.45, 2.75) is 46.0 Å². The van der Waals surface area contributed by atoms with E-state index >= 15 is 0 Å². The molecule has 4 heteroatoms. The van der Waals surface area contributed by atoms with Crippen molar-refractivity contribution in [2.75, 3.05) is 6.54 Å². The van der Waals surface area contributed by atoms with Crippen molar-refractivity contribution in [1.29, 1.82) is 0 Å². The zero-order chi connectivity index (χ0) is 16.1. The first kappa shape index (κ1) is 17.2. The Bertz CT molecular complexity index is 496. The minimum absolute atomic E-state index is 0.0159. The van der Waals surface area contributed by atoms with E-state index < -0.39 is 11.4 Å². The first-order chi connectivity index (χ1) is 9.71. The molecule has 1 aromatic carbocycles. The van der Waals surface area contributed by atoms with Gasteiger partial charge in [-0.05, 0) is 24.3 Å². The number of carboxylic acid groups (broad SMARTS) is 1. The van der Waals surface area contributed by atoms with Crippen LogP contribution in [0.3, 0.4) is 0 Å². The van der Waals surface area contributed by atoms with Crippen LogP contribution in [0.1, 0.15) is 46.1 Å². The van der Waals surface area contributed by atoms with Gasteiger partial charge in [0.05, 0.1) is 5.41 Å². The summed E-state index contributed by atoms with van der Waals surface area (Å²) in [5, 5.41) is 12.4. The number of hydrogen-bond donors (Lipinski definition) is 2. The molecule has 0 fully saturated rings. The number of hydrogen-bond acceptors (Lipinski definition) is 2. The second kappa shape index (κ2) is 6.74. The molecule has 1 aromatic rings. The summed E-state index contributed by atoms with van der Waals surface area (Å²) in [5.41, 5.74) is -0.550. The van der Waals surface area contributed by atoms with Gasteiger partial charge in [-0.2, -0.15) is 0 Å². The Kier molecular flexibility index (Phi) is 5.53. The summed E-state index contributed by atoms with van der Waals surface area (Å²) < 4.78 is 0. The van der Waals surface area contributed by atoms with Crippen LogP contribution in [0.4, 0.5) is 0 Å². The molecule has 4 nitrogen and oxygen atoms in total. The van der Waals surface area contributed by atoms with Crippen molar-refractivity contribution >= 4 is 11.9 Å². The molecule has 0 radical (unpaired) electrons. The van der Waals surface area contributed by atoms with E-state index in [-0.39, 0.29) is 17.7 Å². The van der Waals surface area contributed by atoms with Crippen LogP contribution in [0.15, 0.2) is 30.3 Å². The number of aliphatic carboxylic acids is 1. The SMILES string of the molecule is CCC(C)(C)CNC(=O)CC(C)(C(=O)O)c1ccccc1. The molecule has 0 aliphatic rings. The largest absolute Gasteiger partial charge is 0.481 e. The molecule has 2 N–H and O–H groups in total. The normalized spacial score (nSPS) is 14.3. The Morgan fingerprint density at radius 2 is 1.71 bits per heavy atom. The van der Waals surface area contributed by atoms with Gasteiger partial charge in [-0.25, -0.2) is 0 Å². The van der Waals surface area contributed by atoms with Crippen molar-refractivity contribution in [1.82, 2.24) is 5.32 Å². The van der Waals surface area contributed by atoms with E-state index in [1.807, 2.05) is 6.07 Å². The molecule has 0 heterocycles. The zero-order valence-electron chi connectivity index (χ0n) is 13.3. The summed E-state index contributed by atoms with van der Waals surface area (Å²) >= 11 is 0. The minimum Gasteiger partial charge on any atom is -0.481 e. The second-order valence-corrected chi connectivity index (χ2v) is 6.47. The Balaban J connectivity index is 2.81. The van der Waals surface area contributed by atoms with E-state index in [2.05, 4.69) is 26.1 Å². The first-order valence-electron chi connectivity index (χ1n) is 7.27. The van der Waals surface area contributed by atoms with Gasteiger partial charge in [-0.3, -0.25) is 9.59 Å². The van der Waals surface area contributed by atoms with Crippen LogP contribution in [0.2, 0.25) is 0 Å². The van der Waals surface area contributed by atoms with Gasteiger partial charge in [0, 0.05) is 13.0 Å². The summed E-state index contributed by atoms with van der Waals surface area (Å²) in [6.45, 7) is 8.35. The molecule has 0 aliphatic heterocycles. The first-order valence-corrected chi connectivity index (χ1v) is 7.27. The predicted octanol–water partition coefficient (Wildman–Crippen LogP) is 2.97. The molecule has 0 spiro atoms. The fourth-order valence-corrected chi connectivity index (χ4v) is 1.95. The number of carbonyl (C=O) groups excluding carboxylic acids is 1. The van der Waals surface area contributed by atoms with Gasteiger partial charge < -0.3 is 10.4 Å². The molecular weight excluding hydrogens is 266 g/mol. The van der Waals surface area contributed by atoms with E-state index in [1.165, 1.54) is 0 Å². The monoisotopic (exact) mass is 291 g/mol. The van der Waals surface area contributed by atoms with Crippen molar-refractivity contribution < 1.29 is 14.7 Å². The summed E-state index contributed by atoms with van der Waals surface area (Å²) in [6, 6.07) is 8.90.